The molecule has 30 heavy (non-hydrogen) atoms. The number of likely N-dealkylation sites (N-methyl/N-ethyl adjacent to an activating group) is 1. The molecule has 160 valence electrons. The molecular formula is C21H25N3O5S. The monoisotopic (exact) mass is 431 g/mol. The first-order valence-corrected chi connectivity index (χ1v) is 11.0. The van der Waals surface area contributed by atoms with Gasteiger partial charge in [0.05, 0.1) is 17.1 Å². The Kier molecular flexibility index (Phi) is 6.14. The fraction of sp³-hybridized carbons (Fsp3) is 0.333. The van der Waals surface area contributed by atoms with Crippen molar-refractivity contribution in [1.29, 1.82) is 0 Å². The number of rotatable bonds is 6. The molecule has 2 aromatic carbocycles. The zero-order valence-electron chi connectivity index (χ0n) is 17.4. The Bertz CT molecular complexity index is 1110. The standard InChI is InChI=1S/C21H25N3O5S/c1-5-15-8-6-7-13(2)21(15)23-19(25)11-24(4)30(27,28)18-10-17-16(9-14(18)3)22-20(26)12-29-17/h6-10H,5,11-12H2,1-4H3,(H,22,26)(H,23,25). The van der Waals surface area contributed by atoms with Crippen LogP contribution in [0.3, 0.4) is 0 Å². The van der Waals surface area contributed by atoms with Gasteiger partial charge in [0, 0.05) is 18.8 Å². The Morgan fingerprint density at radius 2 is 1.97 bits per heavy atom. The summed E-state index contributed by atoms with van der Waals surface area (Å²) in [6.45, 7) is 5.00. The lowest BCUT2D eigenvalue weighted by molar-refractivity contribution is -0.118. The first-order chi connectivity index (χ1) is 14.1. The average Bonchev–Trinajstić information content (AvgIpc) is 2.68. The van der Waals surface area contributed by atoms with Crippen LogP contribution in [0, 0.1) is 13.8 Å². The van der Waals surface area contributed by atoms with Crippen molar-refractivity contribution in [1.82, 2.24) is 4.31 Å². The third-order valence-corrected chi connectivity index (χ3v) is 6.91. The molecule has 0 saturated carbocycles. The minimum atomic E-state index is -3.95. The van der Waals surface area contributed by atoms with Crippen LogP contribution in [0.25, 0.3) is 0 Å². The number of aryl methyl sites for hydroxylation is 3. The summed E-state index contributed by atoms with van der Waals surface area (Å²) in [5, 5.41) is 5.48. The number of ether oxygens (including phenoxy) is 1. The predicted molar refractivity (Wildman–Crippen MR) is 114 cm³/mol. The summed E-state index contributed by atoms with van der Waals surface area (Å²) in [6.07, 6.45) is 0.746. The molecule has 0 fully saturated rings. The van der Waals surface area contributed by atoms with Crippen molar-refractivity contribution in [2.24, 2.45) is 0 Å². The van der Waals surface area contributed by atoms with E-state index in [4.69, 9.17) is 4.74 Å². The van der Waals surface area contributed by atoms with Crippen LogP contribution in [0.2, 0.25) is 0 Å². The quantitative estimate of drug-likeness (QED) is 0.731. The Hall–Kier alpha value is -2.91. The number of nitrogens with zero attached hydrogens (tertiary/aromatic N) is 1. The second-order valence-electron chi connectivity index (χ2n) is 7.22. The second-order valence-corrected chi connectivity index (χ2v) is 9.24. The number of amides is 2. The van der Waals surface area contributed by atoms with Crippen molar-refractivity contribution in [2.45, 2.75) is 32.1 Å². The molecule has 0 unspecified atom stereocenters. The average molecular weight is 432 g/mol. The Labute approximate surface area is 176 Å². The zero-order valence-corrected chi connectivity index (χ0v) is 18.2. The van der Waals surface area contributed by atoms with Gasteiger partial charge in [0.25, 0.3) is 5.91 Å². The van der Waals surface area contributed by atoms with E-state index in [0.717, 1.165) is 21.9 Å². The zero-order chi connectivity index (χ0) is 22.1. The molecule has 2 amide bonds. The number of anilines is 2. The number of sulfonamides is 1. The Morgan fingerprint density at radius 3 is 2.67 bits per heavy atom. The van der Waals surface area contributed by atoms with Gasteiger partial charge in [0.2, 0.25) is 15.9 Å². The molecule has 1 aliphatic rings. The molecular weight excluding hydrogens is 406 g/mol. The molecule has 1 heterocycles. The molecule has 2 aromatic rings. The third kappa shape index (κ3) is 4.31. The van der Waals surface area contributed by atoms with E-state index in [-0.39, 0.29) is 29.7 Å². The van der Waals surface area contributed by atoms with Crippen LogP contribution in [0.5, 0.6) is 5.75 Å². The third-order valence-electron chi connectivity index (χ3n) is 4.97. The molecule has 0 bridgehead atoms. The first-order valence-electron chi connectivity index (χ1n) is 9.55. The summed E-state index contributed by atoms with van der Waals surface area (Å²) in [7, 11) is -2.59. The fourth-order valence-corrected chi connectivity index (χ4v) is 4.67. The molecule has 0 atom stereocenters. The van der Waals surface area contributed by atoms with Crippen molar-refractivity contribution in [3.05, 3.63) is 47.0 Å². The normalized spacial score (nSPS) is 13.4. The van der Waals surface area contributed by atoms with Crippen LogP contribution in [0.1, 0.15) is 23.6 Å². The highest BCUT2D eigenvalue weighted by Crippen LogP contribution is 2.33. The van der Waals surface area contributed by atoms with Crippen LogP contribution in [-0.2, 0) is 26.0 Å². The lowest BCUT2D eigenvalue weighted by atomic mass is 10.1. The molecule has 0 radical (unpaired) electrons. The van der Waals surface area contributed by atoms with E-state index < -0.39 is 15.9 Å². The maximum atomic E-state index is 13.1. The van der Waals surface area contributed by atoms with E-state index >= 15 is 0 Å². The van der Waals surface area contributed by atoms with Gasteiger partial charge in [-0.15, -0.1) is 0 Å². The molecule has 8 nitrogen and oxygen atoms in total. The number of hydrogen-bond donors (Lipinski definition) is 2. The summed E-state index contributed by atoms with van der Waals surface area (Å²) in [4.78, 5) is 24.1. The van der Waals surface area contributed by atoms with Crippen molar-refractivity contribution < 1.29 is 22.7 Å². The van der Waals surface area contributed by atoms with Gasteiger partial charge < -0.3 is 15.4 Å². The Balaban J connectivity index is 1.81. The molecule has 0 saturated heterocycles. The Morgan fingerprint density at radius 1 is 1.23 bits per heavy atom. The van der Waals surface area contributed by atoms with Gasteiger partial charge in [-0.3, -0.25) is 9.59 Å². The van der Waals surface area contributed by atoms with Crippen LogP contribution < -0.4 is 15.4 Å². The van der Waals surface area contributed by atoms with Gasteiger partial charge in [-0.25, -0.2) is 8.42 Å². The van der Waals surface area contributed by atoms with Crippen molar-refractivity contribution in [3.63, 3.8) is 0 Å². The lowest BCUT2D eigenvalue weighted by Crippen LogP contribution is -2.35. The van der Waals surface area contributed by atoms with Crippen LogP contribution in [0.15, 0.2) is 35.2 Å². The maximum Gasteiger partial charge on any atom is 0.262 e. The van der Waals surface area contributed by atoms with Crippen LogP contribution in [-0.4, -0.2) is 44.7 Å². The van der Waals surface area contributed by atoms with E-state index in [1.54, 1.807) is 13.0 Å². The molecule has 9 heteroatoms. The minimum absolute atomic E-state index is 0.0258. The van der Waals surface area contributed by atoms with E-state index in [2.05, 4.69) is 10.6 Å². The first kappa shape index (κ1) is 21.8. The number of carbonyl (C=O) groups is 2. The SMILES string of the molecule is CCc1cccc(C)c1NC(=O)CN(C)S(=O)(=O)c1cc2c(cc1C)NC(=O)CO2. The topological polar surface area (TPSA) is 105 Å². The lowest BCUT2D eigenvalue weighted by Gasteiger charge is -2.23. The van der Waals surface area contributed by atoms with Gasteiger partial charge in [-0.05, 0) is 43.0 Å². The largest absolute Gasteiger partial charge is 0.482 e. The van der Waals surface area contributed by atoms with E-state index in [0.29, 0.717) is 16.9 Å². The van der Waals surface area contributed by atoms with Crippen molar-refractivity contribution >= 4 is 33.2 Å². The molecule has 0 aromatic heterocycles. The maximum absolute atomic E-state index is 13.1. The highest BCUT2D eigenvalue weighted by atomic mass is 32.2. The molecule has 3 rings (SSSR count). The van der Waals surface area contributed by atoms with Crippen LogP contribution >= 0.6 is 0 Å². The smallest absolute Gasteiger partial charge is 0.262 e. The summed E-state index contributed by atoms with van der Waals surface area (Å²) >= 11 is 0. The number of hydrogen-bond acceptors (Lipinski definition) is 5. The fourth-order valence-electron chi connectivity index (χ4n) is 3.33. The van der Waals surface area contributed by atoms with Gasteiger partial charge in [-0.2, -0.15) is 4.31 Å². The summed E-state index contributed by atoms with van der Waals surface area (Å²) in [6, 6.07) is 8.67. The molecule has 1 aliphatic heterocycles. The summed E-state index contributed by atoms with van der Waals surface area (Å²) < 4.78 is 32.5. The van der Waals surface area contributed by atoms with Crippen LogP contribution in [0.4, 0.5) is 11.4 Å². The summed E-state index contributed by atoms with van der Waals surface area (Å²) in [5.41, 5.74) is 3.48. The van der Waals surface area contributed by atoms with Crippen molar-refractivity contribution in [3.8, 4) is 5.75 Å². The van der Waals surface area contributed by atoms with E-state index in [1.165, 1.54) is 13.1 Å². The molecule has 0 spiro atoms. The van der Waals surface area contributed by atoms with E-state index in [9.17, 15) is 18.0 Å². The van der Waals surface area contributed by atoms with E-state index in [1.807, 2.05) is 32.0 Å². The highest BCUT2D eigenvalue weighted by Gasteiger charge is 2.28. The molecule has 2 N–H and O–H groups in total. The predicted octanol–water partition coefficient (Wildman–Crippen LogP) is 2.46. The number of fused-ring (bicyclic) bond motifs is 1. The summed E-state index contributed by atoms with van der Waals surface area (Å²) in [5.74, 6) is -0.442. The number of nitrogens with one attached hydrogen (secondary N) is 2. The number of para-hydroxylation sites is 1. The second kappa shape index (κ2) is 8.45. The highest BCUT2D eigenvalue weighted by molar-refractivity contribution is 7.89. The number of benzene rings is 2. The van der Waals surface area contributed by atoms with Gasteiger partial charge >= 0.3 is 0 Å². The minimum Gasteiger partial charge on any atom is -0.482 e. The van der Waals surface area contributed by atoms with Crippen molar-refractivity contribution in [2.75, 3.05) is 30.8 Å². The molecule has 0 aliphatic carbocycles. The number of carbonyl (C=O) groups excluding carboxylic acids is 2. The van der Waals surface area contributed by atoms with Gasteiger partial charge in [0.1, 0.15) is 5.75 Å². The van der Waals surface area contributed by atoms with Gasteiger partial charge in [-0.1, -0.05) is 25.1 Å². The van der Waals surface area contributed by atoms with Gasteiger partial charge in [0.15, 0.2) is 6.61 Å².